The van der Waals surface area contributed by atoms with Crippen molar-refractivity contribution in [1.29, 1.82) is 0 Å². The Hall–Kier alpha value is -2.99. The molecule has 26 heavy (non-hydrogen) atoms. The van der Waals surface area contributed by atoms with E-state index in [2.05, 4.69) is 15.5 Å². The summed E-state index contributed by atoms with van der Waals surface area (Å²) in [6.07, 6.45) is 1.12. The van der Waals surface area contributed by atoms with Crippen molar-refractivity contribution in [3.05, 3.63) is 71.1 Å². The van der Waals surface area contributed by atoms with Gasteiger partial charge in [-0.05, 0) is 24.5 Å². The number of aryl methyl sites for hydroxylation is 2. The molecule has 6 heteroatoms. The van der Waals surface area contributed by atoms with E-state index in [0.717, 1.165) is 16.7 Å². The van der Waals surface area contributed by atoms with Gasteiger partial charge in [0.15, 0.2) is 0 Å². The van der Waals surface area contributed by atoms with Gasteiger partial charge in [0.2, 0.25) is 17.6 Å². The van der Waals surface area contributed by atoms with E-state index >= 15 is 0 Å². The molecule has 0 aliphatic carbocycles. The summed E-state index contributed by atoms with van der Waals surface area (Å²) in [6, 6.07) is 15.8. The Morgan fingerprint density at radius 1 is 1.08 bits per heavy atom. The Morgan fingerprint density at radius 2 is 1.77 bits per heavy atom. The van der Waals surface area contributed by atoms with Gasteiger partial charge in [0, 0.05) is 18.5 Å². The fraction of sp³-hybridized carbons (Fsp3) is 0.250. The van der Waals surface area contributed by atoms with Crippen molar-refractivity contribution < 1.29 is 9.32 Å². The lowest BCUT2D eigenvalue weighted by Crippen LogP contribution is -2.23. The molecule has 0 unspecified atom stereocenters. The summed E-state index contributed by atoms with van der Waals surface area (Å²) in [5, 5.41) is 6.76. The van der Waals surface area contributed by atoms with Gasteiger partial charge in [-0.1, -0.05) is 59.3 Å². The maximum atomic E-state index is 12.0. The number of rotatable bonds is 7. The number of carbonyl (C=O) groups is 1. The van der Waals surface area contributed by atoms with Crippen LogP contribution in [0, 0.1) is 6.92 Å². The largest absolute Gasteiger partial charge is 0.347 e. The molecule has 0 bridgehead atoms. The van der Waals surface area contributed by atoms with Crippen LogP contribution in [0.3, 0.4) is 0 Å². The first kappa shape index (κ1) is 17.8. The van der Waals surface area contributed by atoms with Crippen LogP contribution in [0.25, 0.3) is 11.4 Å². The van der Waals surface area contributed by atoms with Crippen LogP contribution >= 0.6 is 0 Å². The van der Waals surface area contributed by atoms with Gasteiger partial charge < -0.3 is 15.6 Å². The molecule has 3 rings (SSSR count). The minimum Gasteiger partial charge on any atom is -0.347 e. The predicted octanol–water partition coefficient (Wildman–Crippen LogP) is 2.75. The molecule has 0 radical (unpaired) electrons. The van der Waals surface area contributed by atoms with E-state index in [-0.39, 0.29) is 12.5 Å². The Morgan fingerprint density at radius 3 is 2.46 bits per heavy atom. The molecule has 3 N–H and O–H groups in total. The second kappa shape index (κ2) is 8.40. The van der Waals surface area contributed by atoms with Gasteiger partial charge in [0.1, 0.15) is 0 Å². The molecule has 0 spiro atoms. The molecule has 0 saturated carbocycles. The number of nitrogens with zero attached hydrogens (tertiary/aromatic N) is 2. The zero-order chi connectivity index (χ0) is 18.4. The molecule has 0 fully saturated rings. The lowest BCUT2D eigenvalue weighted by molar-refractivity contribution is -0.121. The fourth-order valence-electron chi connectivity index (χ4n) is 2.51. The molecule has 0 aliphatic rings. The van der Waals surface area contributed by atoms with Crippen molar-refractivity contribution in [1.82, 2.24) is 15.5 Å². The van der Waals surface area contributed by atoms with Crippen molar-refractivity contribution in [3.63, 3.8) is 0 Å². The van der Waals surface area contributed by atoms with Crippen LogP contribution in [0.15, 0.2) is 53.1 Å². The van der Waals surface area contributed by atoms with Crippen LogP contribution in [0.1, 0.15) is 29.0 Å². The van der Waals surface area contributed by atoms with Crippen molar-refractivity contribution in [3.8, 4) is 11.4 Å². The van der Waals surface area contributed by atoms with Gasteiger partial charge in [-0.25, -0.2) is 0 Å². The van der Waals surface area contributed by atoms with E-state index in [4.69, 9.17) is 10.3 Å². The standard InChI is InChI=1S/C20H22N4O2/c1-14-2-4-15(5-3-14)8-11-18(25)22-13-19-23-20(24-26-19)17-9-6-16(12-21)7-10-17/h2-7,9-10H,8,11-13,21H2,1H3,(H,22,25). The summed E-state index contributed by atoms with van der Waals surface area (Å²) in [5.74, 6) is 0.835. The maximum absolute atomic E-state index is 12.0. The molecule has 0 saturated heterocycles. The van der Waals surface area contributed by atoms with E-state index in [1.165, 1.54) is 5.56 Å². The number of hydrogen-bond donors (Lipinski definition) is 2. The molecule has 1 heterocycles. The Labute approximate surface area is 152 Å². The highest BCUT2D eigenvalue weighted by atomic mass is 16.5. The number of nitrogens with one attached hydrogen (secondary N) is 1. The number of hydrogen-bond acceptors (Lipinski definition) is 5. The van der Waals surface area contributed by atoms with Gasteiger partial charge in [-0.2, -0.15) is 4.98 Å². The van der Waals surface area contributed by atoms with Crippen LogP contribution in [0.5, 0.6) is 0 Å². The molecule has 134 valence electrons. The average molecular weight is 350 g/mol. The van der Waals surface area contributed by atoms with E-state index < -0.39 is 0 Å². The normalized spacial score (nSPS) is 10.7. The third kappa shape index (κ3) is 4.77. The van der Waals surface area contributed by atoms with Gasteiger partial charge in [-0.3, -0.25) is 4.79 Å². The number of benzene rings is 2. The fourth-order valence-corrected chi connectivity index (χ4v) is 2.51. The number of nitrogens with two attached hydrogens (primary N) is 1. The van der Waals surface area contributed by atoms with Crippen molar-refractivity contribution in [2.45, 2.75) is 32.9 Å². The first-order valence-electron chi connectivity index (χ1n) is 8.58. The second-order valence-corrected chi connectivity index (χ2v) is 6.18. The lowest BCUT2D eigenvalue weighted by Gasteiger charge is -2.03. The summed E-state index contributed by atoms with van der Waals surface area (Å²) in [4.78, 5) is 16.3. The molecule has 2 aromatic carbocycles. The van der Waals surface area contributed by atoms with Crippen molar-refractivity contribution in [2.24, 2.45) is 5.73 Å². The van der Waals surface area contributed by atoms with Gasteiger partial charge >= 0.3 is 0 Å². The third-order valence-electron chi connectivity index (χ3n) is 4.11. The van der Waals surface area contributed by atoms with Crippen LogP contribution in [0.4, 0.5) is 0 Å². The summed E-state index contributed by atoms with van der Waals surface area (Å²) >= 11 is 0. The smallest absolute Gasteiger partial charge is 0.246 e. The summed E-state index contributed by atoms with van der Waals surface area (Å²) < 4.78 is 5.20. The molecule has 1 amide bonds. The maximum Gasteiger partial charge on any atom is 0.246 e. The topological polar surface area (TPSA) is 94.0 Å². The van der Waals surface area contributed by atoms with Crippen LogP contribution < -0.4 is 11.1 Å². The van der Waals surface area contributed by atoms with E-state index in [9.17, 15) is 4.79 Å². The number of amides is 1. The lowest BCUT2D eigenvalue weighted by atomic mass is 10.1. The zero-order valence-corrected chi connectivity index (χ0v) is 14.7. The molecule has 3 aromatic rings. The van der Waals surface area contributed by atoms with Crippen molar-refractivity contribution in [2.75, 3.05) is 0 Å². The van der Waals surface area contributed by atoms with Crippen molar-refractivity contribution >= 4 is 5.91 Å². The van der Waals surface area contributed by atoms with Crippen LogP contribution in [-0.2, 0) is 24.3 Å². The summed E-state index contributed by atoms with van der Waals surface area (Å²) in [6.45, 7) is 2.76. The van der Waals surface area contributed by atoms with E-state index in [1.807, 2.05) is 55.5 Å². The Kier molecular flexibility index (Phi) is 5.76. The second-order valence-electron chi connectivity index (χ2n) is 6.18. The molecule has 1 aromatic heterocycles. The molecule has 0 aliphatic heterocycles. The predicted molar refractivity (Wildman–Crippen MR) is 99.0 cm³/mol. The van der Waals surface area contributed by atoms with Gasteiger partial charge in [0.25, 0.3) is 0 Å². The first-order chi connectivity index (χ1) is 12.6. The highest BCUT2D eigenvalue weighted by Gasteiger charge is 2.10. The third-order valence-corrected chi connectivity index (χ3v) is 4.11. The van der Waals surface area contributed by atoms with E-state index in [0.29, 0.717) is 31.1 Å². The zero-order valence-electron chi connectivity index (χ0n) is 14.7. The quantitative estimate of drug-likeness (QED) is 0.683. The molecular formula is C20H22N4O2. The van der Waals surface area contributed by atoms with Gasteiger partial charge in [-0.15, -0.1) is 0 Å². The molecule has 0 atom stereocenters. The SMILES string of the molecule is Cc1ccc(CCC(=O)NCc2nc(-c3ccc(CN)cc3)no2)cc1. The minimum atomic E-state index is -0.0439. The Bertz CT molecular complexity index is 854. The highest BCUT2D eigenvalue weighted by Crippen LogP contribution is 2.16. The average Bonchev–Trinajstić information content (AvgIpc) is 3.15. The van der Waals surface area contributed by atoms with E-state index in [1.54, 1.807) is 0 Å². The van der Waals surface area contributed by atoms with Crippen LogP contribution in [-0.4, -0.2) is 16.0 Å². The summed E-state index contributed by atoms with van der Waals surface area (Å²) in [7, 11) is 0. The molecular weight excluding hydrogens is 328 g/mol. The first-order valence-corrected chi connectivity index (χ1v) is 8.58. The van der Waals surface area contributed by atoms with Gasteiger partial charge in [0.05, 0.1) is 6.54 Å². The van der Waals surface area contributed by atoms with Crippen LogP contribution in [0.2, 0.25) is 0 Å². The monoisotopic (exact) mass is 350 g/mol. The number of carbonyl (C=O) groups excluding carboxylic acids is 1. The highest BCUT2D eigenvalue weighted by molar-refractivity contribution is 5.76. The number of aromatic nitrogens is 2. The molecule has 6 nitrogen and oxygen atoms in total. The minimum absolute atomic E-state index is 0.0439. The summed E-state index contributed by atoms with van der Waals surface area (Å²) in [5.41, 5.74) is 9.84. The Balaban J connectivity index is 1.49.